The molecule has 6 heteroatoms. The lowest BCUT2D eigenvalue weighted by molar-refractivity contribution is 0.203. The summed E-state index contributed by atoms with van der Waals surface area (Å²) in [6.45, 7) is 6.44. The Kier molecular flexibility index (Phi) is 4.12. The van der Waals surface area contributed by atoms with Crippen LogP contribution < -0.4 is 4.83 Å². The van der Waals surface area contributed by atoms with E-state index in [4.69, 9.17) is 0 Å². The molecule has 0 aliphatic heterocycles. The number of rotatable bonds is 4. The van der Waals surface area contributed by atoms with Crippen molar-refractivity contribution in [1.82, 2.24) is 4.83 Å². The SMILES string of the molecule is Cc1ccc(S(=O)(=O)N/N=C2/C[C@H]3CC[C@]2(C)[C@@]3(C)CBr)cc1. The molecule has 1 aromatic rings. The van der Waals surface area contributed by atoms with Crippen molar-refractivity contribution >= 4 is 31.7 Å². The second-order valence-electron chi connectivity index (χ2n) is 7.29. The van der Waals surface area contributed by atoms with Crippen LogP contribution in [0.3, 0.4) is 0 Å². The van der Waals surface area contributed by atoms with Gasteiger partial charge in [-0.15, -0.1) is 0 Å². The van der Waals surface area contributed by atoms with E-state index in [2.05, 4.69) is 39.7 Å². The average Bonchev–Trinajstić information content (AvgIpc) is 2.89. The number of sulfonamides is 1. The summed E-state index contributed by atoms with van der Waals surface area (Å²) in [6, 6.07) is 6.82. The minimum atomic E-state index is -3.60. The molecule has 2 bridgehead atoms. The first-order valence-corrected chi connectivity index (χ1v) is 10.5. The number of hydrogen-bond donors (Lipinski definition) is 1. The van der Waals surface area contributed by atoms with Crippen LogP contribution in [0.25, 0.3) is 0 Å². The van der Waals surface area contributed by atoms with Crippen molar-refractivity contribution in [3.63, 3.8) is 0 Å². The molecule has 2 aliphatic carbocycles. The number of benzene rings is 1. The zero-order valence-corrected chi connectivity index (χ0v) is 16.2. The molecule has 0 spiro atoms. The second-order valence-corrected chi connectivity index (χ2v) is 9.51. The van der Waals surface area contributed by atoms with Crippen LogP contribution in [0, 0.1) is 23.7 Å². The van der Waals surface area contributed by atoms with Crippen LogP contribution >= 0.6 is 15.9 Å². The summed E-state index contributed by atoms with van der Waals surface area (Å²) in [5.74, 6) is 0.578. The Morgan fingerprint density at radius 3 is 2.52 bits per heavy atom. The Morgan fingerprint density at radius 1 is 1.30 bits per heavy atom. The highest BCUT2D eigenvalue weighted by atomic mass is 79.9. The lowest BCUT2D eigenvalue weighted by Gasteiger charge is -2.36. The monoisotopic (exact) mass is 398 g/mol. The fourth-order valence-electron chi connectivity index (χ4n) is 4.09. The summed E-state index contributed by atoms with van der Waals surface area (Å²) < 4.78 is 24.8. The van der Waals surface area contributed by atoms with Crippen LogP contribution in [-0.2, 0) is 10.0 Å². The molecular weight excluding hydrogens is 376 g/mol. The second kappa shape index (κ2) is 5.59. The van der Waals surface area contributed by atoms with Gasteiger partial charge < -0.3 is 0 Å². The molecule has 0 amide bonds. The topological polar surface area (TPSA) is 58.5 Å². The fourth-order valence-corrected chi connectivity index (χ4v) is 6.00. The molecule has 2 saturated carbocycles. The van der Waals surface area contributed by atoms with Crippen molar-refractivity contribution in [3.8, 4) is 0 Å². The molecule has 0 unspecified atom stereocenters. The van der Waals surface area contributed by atoms with Crippen molar-refractivity contribution in [1.29, 1.82) is 0 Å². The van der Waals surface area contributed by atoms with Gasteiger partial charge in [-0.25, -0.2) is 4.83 Å². The molecule has 2 fully saturated rings. The molecular formula is C17H23BrN2O2S. The Balaban J connectivity index is 1.85. The number of alkyl halides is 1. The van der Waals surface area contributed by atoms with E-state index in [0.29, 0.717) is 5.92 Å². The summed E-state index contributed by atoms with van der Waals surface area (Å²) in [5.41, 5.74) is 2.15. The number of nitrogens with one attached hydrogen (secondary N) is 1. The lowest BCUT2D eigenvalue weighted by atomic mass is 9.70. The summed E-state index contributed by atoms with van der Waals surface area (Å²) in [4.78, 5) is 2.71. The van der Waals surface area contributed by atoms with E-state index in [1.807, 2.05) is 6.92 Å². The minimum absolute atomic E-state index is 0.0308. The van der Waals surface area contributed by atoms with E-state index in [9.17, 15) is 8.42 Å². The summed E-state index contributed by atoms with van der Waals surface area (Å²) >= 11 is 3.66. The summed E-state index contributed by atoms with van der Waals surface area (Å²) in [6.07, 6.45) is 3.15. The molecule has 0 radical (unpaired) electrons. The van der Waals surface area contributed by atoms with Gasteiger partial charge in [0, 0.05) is 16.5 Å². The number of hydrogen-bond acceptors (Lipinski definition) is 3. The van der Waals surface area contributed by atoms with Gasteiger partial charge >= 0.3 is 0 Å². The van der Waals surface area contributed by atoms with Crippen molar-refractivity contribution in [2.45, 2.75) is 44.9 Å². The van der Waals surface area contributed by atoms with Gasteiger partial charge in [0.1, 0.15) is 0 Å². The Labute approximate surface area is 146 Å². The number of nitrogens with zero attached hydrogens (tertiary/aromatic N) is 1. The smallest absolute Gasteiger partial charge is 0.200 e. The average molecular weight is 399 g/mol. The third kappa shape index (κ3) is 2.54. The largest absolute Gasteiger partial charge is 0.276 e. The number of halogens is 1. The third-order valence-electron chi connectivity index (χ3n) is 6.14. The highest BCUT2D eigenvalue weighted by Crippen LogP contribution is 2.64. The zero-order chi connectivity index (χ0) is 16.9. The molecule has 4 nitrogen and oxygen atoms in total. The van der Waals surface area contributed by atoms with Gasteiger partial charge in [-0.05, 0) is 49.7 Å². The van der Waals surface area contributed by atoms with Gasteiger partial charge in [0.2, 0.25) is 0 Å². The number of fused-ring (bicyclic) bond motifs is 2. The van der Waals surface area contributed by atoms with Crippen LogP contribution in [0.2, 0.25) is 0 Å². The van der Waals surface area contributed by atoms with E-state index in [-0.39, 0.29) is 15.7 Å². The highest BCUT2D eigenvalue weighted by Gasteiger charge is 2.62. The first-order valence-electron chi connectivity index (χ1n) is 7.94. The first kappa shape index (κ1) is 17.0. The van der Waals surface area contributed by atoms with E-state index >= 15 is 0 Å². The van der Waals surface area contributed by atoms with Gasteiger partial charge in [0.05, 0.1) is 4.90 Å². The summed E-state index contributed by atoms with van der Waals surface area (Å²) in [5, 5.41) is 5.27. The van der Waals surface area contributed by atoms with Gasteiger partial charge in [0.15, 0.2) is 0 Å². The zero-order valence-electron chi connectivity index (χ0n) is 13.8. The number of hydrazone groups is 1. The van der Waals surface area contributed by atoms with E-state index in [0.717, 1.165) is 29.4 Å². The predicted molar refractivity (Wildman–Crippen MR) is 96.3 cm³/mol. The van der Waals surface area contributed by atoms with Gasteiger partial charge in [-0.3, -0.25) is 0 Å². The van der Waals surface area contributed by atoms with Gasteiger partial charge in [-0.2, -0.15) is 13.5 Å². The van der Waals surface area contributed by atoms with E-state index < -0.39 is 10.0 Å². The molecule has 2 aliphatic rings. The van der Waals surface area contributed by atoms with Crippen LogP contribution in [0.1, 0.15) is 38.7 Å². The molecule has 126 valence electrons. The third-order valence-corrected chi connectivity index (χ3v) is 8.53. The maximum absolute atomic E-state index is 12.4. The molecule has 3 atom stereocenters. The lowest BCUT2D eigenvalue weighted by Crippen LogP contribution is -2.37. The quantitative estimate of drug-likeness (QED) is 0.618. The van der Waals surface area contributed by atoms with Crippen LogP contribution in [-0.4, -0.2) is 19.5 Å². The van der Waals surface area contributed by atoms with Crippen molar-refractivity contribution < 1.29 is 8.42 Å². The fraction of sp³-hybridized carbons (Fsp3) is 0.588. The molecule has 1 N–H and O–H groups in total. The molecule has 0 aromatic heterocycles. The Bertz CT molecular complexity index is 744. The molecule has 1 aromatic carbocycles. The van der Waals surface area contributed by atoms with Crippen molar-refractivity contribution in [2.24, 2.45) is 21.8 Å². The van der Waals surface area contributed by atoms with E-state index in [1.165, 1.54) is 6.42 Å². The summed E-state index contributed by atoms with van der Waals surface area (Å²) in [7, 11) is -3.60. The van der Waals surface area contributed by atoms with Crippen LogP contribution in [0.5, 0.6) is 0 Å². The maximum Gasteiger partial charge on any atom is 0.276 e. The standard InChI is InChI=1S/C17H23BrN2O2S/c1-12-4-6-14(7-5-12)23(21,22)20-19-15-10-13-8-9-16(15,2)17(13,3)11-18/h4-7,13,20H,8-11H2,1-3H3/b19-15-/t13-,16+,17+/m1/s1. The minimum Gasteiger partial charge on any atom is -0.200 e. The van der Waals surface area contributed by atoms with Crippen molar-refractivity contribution in [3.05, 3.63) is 29.8 Å². The number of aryl methyl sites for hydroxylation is 1. The van der Waals surface area contributed by atoms with Gasteiger partial charge in [-0.1, -0.05) is 47.5 Å². The molecule has 0 saturated heterocycles. The predicted octanol–water partition coefficient (Wildman–Crippen LogP) is 3.85. The van der Waals surface area contributed by atoms with Crippen LogP contribution in [0.4, 0.5) is 0 Å². The maximum atomic E-state index is 12.4. The molecule has 23 heavy (non-hydrogen) atoms. The van der Waals surface area contributed by atoms with Crippen molar-refractivity contribution in [2.75, 3.05) is 5.33 Å². The normalized spacial score (nSPS) is 35.0. The Hall–Kier alpha value is -0.880. The highest BCUT2D eigenvalue weighted by molar-refractivity contribution is 9.09. The molecule has 0 heterocycles. The van der Waals surface area contributed by atoms with Crippen LogP contribution in [0.15, 0.2) is 34.3 Å². The molecule has 3 rings (SSSR count). The first-order chi connectivity index (χ1) is 10.7. The van der Waals surface area contributed by atoms with Gasteiger partial charge in [0.25, 0.3) is 10.0 Å². The van der Waals surface area contributed by atoms with E-state index in [1.54, 1.807) is 24.3 Å². The Morgan fingerprint density at radius 2 is 1.96 bits per heavy atom.